The van der Waals surface area contributed by atoms with Gasteiger partial charge in [0, 0.05) is 45.1 Å². The van der Waals surface area contributed by atoms with Crippen LogP contribution in [-0.4, -0.2) is 55.9 Å². The lowest BCUT2D eigenvalue weighted by molar-refractivity contribution is -0.181. The minimum Gasteiger partial charge on any atom is -0.469 e. The molecule has 5 atom stereocenters. The lowest BCUT2D eigenvalue weighted by Gasteiger charge is -2.27. The van der Waals surface area contributed by atoms with Gasteiger partial charge in [-0.2, -0.15) is 8.78 Å². The van der Waals surface area contributed by atoms with E-state index in [1.807, 2.05) is 6.92 Å². The van der Waals surface area contributed by atoms with Crippen LogP contribution in [0.1, 0.15) is 104 Å². The number of ether oxygens (including phenoxy) is 4. The van der Waals surface area contributed by atoms with Crippen LogP contribution in [0.2, 0.25) is 0 Å². The third kappa shape index (κ3) is 10.7. The minimum absolute atomic E-state index is 0.232. The van der Waals surface area contributed by atoms with Gasteiger partial charge in [0.2, 0.25) is 5.78 Å². The average molecular weight is 545 g/mol. The second-order valence-electron chi connectivity index (χ2n) is 10.7. The maximum absolute atomic E-state index is 14.6. The molecule has 0 bridgehead atoms. The van der Waals surface area contributed by atoms with Gasteiger partial charge in [-0.05, 0) is 43.6 Å². The van der Waals surface area contributed by atoms with Crippen molar-refractivity contribution in [1.29, 1.82) is 0 Å². The van der Waals surface area contributed by atoms with Crippen LogP contribution >= 0.6 is 0 Å². The van der Waals surface area contributed by atoms with Crippen molar-refractivity contribution in [2.24, 2.45) is 11.8 Å². The molecule has 1 heterocycles. The van der Waals surface area contributed by atoms with Gasteiger partial charge >= 0.3 is 17.9 Å². The third-order valence-electron chi connectivity index (χ3n) is 7.57. The Labute approximate surface area is 226 Å². The summed E-state index contributed by atoms with van der Waals surface area (Å²) in [5.74, 6) is -5.63. The lowest BCUT2D eigenvalue weighted by Crippen LogP contribution is -2.31. The van der Waals surface area contributed by atoms with E-state index >= 15 is 0 Å². The van der Waals surface area contributed by atoms with E-state index in [9.17, 15) is 23.2 Å². The van der Waals surface area contributed by atoms with Crippen LogP contribution in [0.5, 0.6) is 0 Å². The molecule has 0 radical (unpaired) electrons. The molecule has 0 amide bonds. The molecule has 0 aromatic rings. The molecule has 218 valence electrons. The molecule has 7 nitrogen and oxygen atoms in total. The maximum Gasteiger partial charge on any atom is 0.305 e. The molecule has 0 aromatic heterocycles. The number of esters is 2. The molecule has 1 saturated carbocycles. The van der Waals surface area contributed by atoms with Crippen LogP contribution < -0.4 is 0 Å². The van der Waals surface area contributed by atoms with Crippen LogP contribution in [0.4, 0.5) is 8.78 Å². The molecule has 9 heteroatoms. The summed E-state index contributed by atoms with van der Waals surface area (Å²) in [6.45, 7) is 5.50. The summed E-state index contributed by atoms with van der Waals surface area (Å²) < 4.78 is 51.6. The Balaban J connectivity index is 2.16. The molecule has 1 aliphatic heterocycles. The van der Waals surface area contributed by atoms with Crippen LogP contribution in [-0.2, 0) is 33.3 Å². The van der Waals surface area contributed by atoms with E-state index < -0.39 is 49.0 Å². The van der Waals surface area contributed by atoms with Crippen molar-refractivity contribution in [3.05, 3.63) is 11.6 Å². The number of carbonyl (C=O) groups excluding carboxylic acids is 3. The zero-order chi connectivity index (χ0) is 28.1. The van der Waals surface area contributed by atoms with Crippen molar-refractivity contribution in [3.63, 3.8) is 0 Å². The predicted octanol–water partition coefficient (Wildman–Crippen LogP) is 6.32. The second kappa shape index (κ2) is 16.3. The fourth-order valence-corrected chi connectivity index (χ4v) is 5.22. The van der Waals surface area contributed by atoms with Crippen LogP contribution in [0.25, 0.3) is 0 Å². The van der Waals surface area contributed by atoms with Crippen LogP contribution in [0, 0.1) is 11.8 Å². The highest BCUT2D eigenvalue weighted by atomic mass is 19.3. The van der Waals surface area contributed by atoms with Gasteiger partial charge in [-0.15, -0.1) is 0 Å². The van der Waals surface area contributed by atoms with Gasteiger partial charge in [0.1, 0.15) is 6.10 Å². The molecule has 2 fully saturated rings. The monoisotopic (exact) mass is 544 g/mol. The third-order valence-corrected chi connectivity index (χ3v) is 7.57. The second-order valence-corrected chi connectivity index (χ2v) is 10.7. The van der Waals surface area contributed by atoms with Gasteiger partial charge in [-0.1, -0.05) is 45.6 Å². The molecule has 2 aliphatic rings. The molecular weight excluding hydrogens is 498 g/mol. The van der Waals surface area contributed by atoms with Crippen molar-refractivity contribution in [2.75, 3.05) is 13.7 Å². The highest BCUT2D eigenvalue weighted by molar-refractivity contribution is 5.86. The number of halogens is 2. The fraction of sp³-hybridized carbons (Fsp3) is 0.828. The van der Waals surface area contributed by atoms with Gasteiger partial charge in [0.25, 0.3) is 0 Å². The molecule has 1 aliphatic carbocycles. The van der Waals surface area contributed by atoms with Crippen LogP contribution in [0.3, 0.4) is 0 Å². The molecule has 0 N–H and O–H groups in total. The number of unbranched alkanes of at least 4 members (excludes halogenated alkanes) is 3. The number of Topliss-reactive ketones (excluding diaryl/α,β-unsaturated/α-hetero) is 1. The van der Waals surface area contributed by atoms with E-state index in [1.165, 1.54) is 14.0 Å². The van der Waals surface area contributed by atoms with Crippen LogP contribution in [0.15, 0.2) is 11.6 Å². The first kappa shape index (κ1) is 32.3. The van der Waals surface area contributed by atoms with Crippen molar-refractivity contribution >= 4 is 17.7 Å². The lowest BCUT2D eigenvalue weighted by atomic mass is 9.91. The van der Waals surface area contributed by atoms with Crippen molar-refractivity contribution in [2.45, 2.75) is 129 Å². The summed E-state index contributed by atoms with van der Waals surface area (Å²) in [5.41, 5.74) is 0.743. The SMILES string of the molecule is CC[C@H](C)CC(F)(F)C(=O)CC=C1[C@@H](CCCCCCC(=O)OC)[C@@H](OC(C)=O)C[C@H]1OC1CCCCO1. The van der Waals surface area contributed by atoms with E-state index in [0.717, 1.165) is 50.5 Å². The van der Waals surface area contributed by atoms with Gasteiger partial charge < -0.3 is 18.9 Å². The highest BCUT2D eigenvalue weighted by Crippen LogP contribution is 2.41. The fourth-order valence-electron chi connectivity index (χ4n) is 5.22. The molecule has 38 heavy (non-hydrogen) atoms. The quantitative estimate of drug-likeness (QED) is 0.128. The van der Waals surface area contributed by atoms with Crippen molar-refractivity contribution < 1.29 is 42.1 Å². The number of hydrogen-bond acceptors (Lipinski definition) is 7. The number of rotatable bonds is 16. The summed E-state index contributed by atoms with van der Waals surface area (Å²) in [7, 11) is 1.37. The Kier molecular flexibility index (Phi) is 13.9. The smallest absolute Gasteiger partial charge is 0.305 e. The summed E-state index contributed by atoms with van der Waals surface area (Å²) in [6, 6.07) is 0. The zero-order valence-corrected chi connectivity index (χ0v) is 23.5. The Morgan fingerprint density at radius 3 is 2.53 bits per heavy atom. The average Bonchev–Trinajstić information content (AvgIpc) is 3.18. The summed E-state index contributed by atoms with van der Waals surface area (Å²) in [4.78, 5) is 35.8. The summed E-state index contributed by atoms with van der Waals surface area (Å²) in [6.07, 6.45) is 7.27. The summed E-state index contributed by atoms with van der Waals surface area (Å²) >= 11 is 0. The largest absolute Gasteiger partial charge is 0.469 e. The first-order chi connectivity index (χ1) is 18.1. The van der Waals surface area contributed by atoms with E-state index in [4.69, 9.17) is 14.2 Å². The Bertz CT molecular complexity index is 792. The number of allylic oxidation sites excluding steroid dienone is 1. The molecule has 0 spiro atoms. The number of alkyl halides is 2. The van der Waals surface area contributed by atoms with Crippen molar-refractivity contribution in [3.8, 4) is 0 Å². The standard InChI is InChI=1S/C29H46F2O7/c1-5-20(2)19-29(30,31)26(33)16-15-23-22(12-8-6-7-9-13-27(34)35-4)24(37-21(3)32)18-25(23)38-28-14-10-11-17-36-28/h15,20,22,24-25,28H,5-14,16-19H2,1-4H3/t20-,22+,24-,25+,28?/m0/s1. The molecular formula is C29H46F2O7. The minimum atomic E-state index is -3.39. The molecule has 0 aromatic carbocycles. The van der Waals surface area contributed by atoms with Gasteiger partial charge in [-0.3, -0.25) is 14.4 Å². The first-order valence-corrected chi connectivity index (χ1v) is 14.2. The number of ketones is 1. The molecule has 1 saturated heterocycles. The highest BCUT2D eigenvalue weighted by Gasteiger charge is 2.43. The maximum atomic E-state index is 14.6. The Morgan fingerprint density at radius 1 is 1.16 bits per heavy atom. The summed E-state index contributed by atoms with van der Waals surface area (Å²) in [5, 5.41) is 0. The van der Waals surface area contributed by atoms with Gasteiger partial charge in [-0.25, -0.2) is 0 Å². The Hall–Kier alpha value is -1.87. The molecule has 1 unspecified atom stereocenters. The van der Waals surface area contributed by atoms with E-state index in [-0.39, 0.29) is 17.8 Å². The van der Waals surface area contributed by atoms with Gasteiger partial charge in [0.05, 0.1) is 13.2 Å². The van der Waals surface area contributed by atoms with E-state index in [2.05, 4.69) is 4.74 Å². The Morgan fingerprint density at radius 2 is 1.89 bits per heavy atom. The normalized spacial score (nSPS) is 25.8. The predicted molar refractivity (Wildman–Crippen MR) is 139 cm³/mol. The number of hydrogen-bond donors (Lipinski definition) is 0. The topological polar surface area (TPSA) is 88.1 Å². The van der Waals surface area contributed by atoms with Crippen molar-refractivity contribution in [1.82, 2.24) is 0 Å². The molecule has 2 rings (SSSR count). The van der Waals surface area contributed by atoms with E-state index in [0.29, 0.717) is 32.3 Å². The number of methoxy groups -OCH3 is 1. The van der Waals surface area contributed by atoms with Gasteiger partial charge in [0.15, 0.2) is 6.29 Å². The first-order valence-electron chi connectivity index (χ1n) is 14.2. The number of carbonyl (C=O) groups is 3. The van der Waals surface area contributed by atoms with E-state index in [1.54, 1.807) is 13.0 Å². The zero-order valence-electron chi connectivity index (χ0n) is 23.5.